The topological polar surface area (TPSA) is 88.0 Å². The van der Waals surface area contributed by atoms with Crippen molar-refractivity contribution in [2.24, 2.45) is 0 Å². The van der Waals surface area contributed by atoms with Gasteiger partial charge in [-0.15, -0.1) is 0 Å². The summed E-state index contributed by atoms with van der Waals surface area (Å²) >= 11 is 0. The summed E-state index contributed by atoms with van der Waals surface area (Å²) in [5.74, 6) is 1.42. The predicted molar refractivity (Wildman–Crippen MR) is 93.5 cm³/mol. The zero-order valence-electron chi connectivity index (χ0n) is 13.7. The van der Waals surface area contributed by atoms with Gasteiger partial charge in [0, 0.05) is 11.1 Å². The van der Waals surface area contributed by atoms with Crippen molar-refractivity contribution in [3.05, 3.63) is 64.6 Å². The molecule has 1 heterocycles. The van der Waals surface area contributed by atoms with Crippen LogP contribution in [0, 0.1) is 11.3 Å². The number of benzene rings is 2. The molecule has 0 saturated heterocycles. The first kappa shape index (κ1) is 16.3. The highest BCUT2D eigenvalue weighted by atomic mass is 16.5. The van der Waals surface area contributed by atoms with Crippen LogP contribution in [-0.2, 0) is 0 Å². The van der Waals surface area contributed by atoms with Gasteiger partial charge in [0.25, 0.3) is 5.56 Å². The maximum absolute atomic E-state index is 12.1. The third kappa shape index (κ3) is 3.21. The highest BCUT2D eigenvalue weighted by molar-refractivity contribution is 5.78. The van der Waals surface area contributed by atoms with Crippen LogP contribution < -0.4 is 15.0 Å². The van der Waals surface area contributed by atoms with Crippen molar-refractivity contribution in [2.45, 2.75) is 0 Å². The molecule has 0 aliphatic heterocycles. The van der Waals surface area contributed by atoms with Crippen LogP contribution in [0.4, 0.5) is 0 Å². The summed E-state index contributed by atoms with van der Waals surface area (Å²) in [5.41, 5.74) is 1.88. The van der Waals surface area contributed by atoms with Gasteiger partial charge in [-0.1, -0.05) is 0 Å². The van der Waals surface area contributed by atoms with Gasteiger partial charge in [0.2, 0.25) is 5.69 Å². The van der Waals surface area contributed by atoms with Gasteiger partial charge in [0.15, 0.2) is 0 Å². The van der Waals surface area contributed by atoms with Gasteiger partial charge in [-0.25, -0.2) is 4.98 Å². The summed E-state index contributed by atoms with van der Waals surface area (Å²) in [6, 6.07) is 16.3. The minimum atomic E-state index is -0.523. The van der Waals surface area contributed by atoms with Crippen LogP contribution in [0.5, 0.6) is 11.5 Å². The number of ether oxygens (including phenoxy) is 2. The van der Waals surface area contributed by atoms with E-state index in [0.717, 1.165) is 11.1 Å². The van der Waals surface area contributed by atoms with Gasteiger partial charge < -0.3 is 14.5 Å². The summed E-state index contributed by atoms with van der Waals surface area (Å²) in [7, 11) is 3.17. The number of nitriles is 1. The van der Waals surface area contributed by atoms with Crippen molar-refractivity contribution in [1.82, 2.24) is 9.97 Å². The SMILES string of the molecule is COc1ccc(-c2nc(C#N)c(=O)[nH]c2-c2ccc(OC)cc2)cc1. The number of aromatic nitrogens is 2. The van der Waals surface area contributed by atoms with Crippen LogP contribution in [0.15, 0.2) is 53.3 Å². The Kier molecular flexibility index (Phi) is 4.48. The molecule has 6 nitrogen and oxygen atoms in total. The monoisotopic (exact) mass is 333 g/mol. The second-order valence-electron chi connectivity index (χ2n) is 5.21. The summed E-state index contributed by atoms with van der Waals surface area (Å²) in [4.78, 5) is 19.1. The molecule has 0 atom stereocenters. The molecule has 2 aromatic carbocycles. The number of methoxy groups -OCH3 is 2. The fourth-order valence-corrected chi connectivity index (χ4v) is 2.45. The molecule has 0 aliphatic rings. The van der Waals surface area contributed by atoms with Crippen molar-refractivity contribution in [1.29, 1.82) is 5.26 Å². The van der Waals surface area contributed by atoms with Gasteiger partial charge in [0.1, 0.15) is 17.6 Å². The van der Waals surface area contributed by atoms with Crippen molar-refractivity contribution in [3.8, 4) is 40.1 Å². The maximum atomic E-state index is 12.1. The highest BCUT2D eigenvalue weighted by Gasteiger charge is 2.14. The first-order valence-corrected chi connectivity index (χ1v) is 7.49. The Hall–Kier alpha value is -3.59. The molecule has 0 amide bonds. The minimum absolute atomic E-state index is 0.178. The number of hydrogen-bond acceptors (Lipinski definition) is 5. The Balaban J connectivity index is 2.20. The molecule has 0 fully saturated rings. The molecule has 3 rings (SSSR count). The second-order valence-corrected chi connectivity index (χ2v) is 5.21. The fourth-order valence-electron chi connectivity index (χ4n) is 2.45. The van der Waals surface area contributed by atoms with Crippen LogP contribution in [-0.4, -0.2) is 24.2 Å². The zero-order valence-corrected chi connectivity index (χ0v) is 13.7. The van der Waals surface area contributed by atoms with Gasteiger partial charge in [-0.05, 0) is 48.5 Å². The predicted octanol–water partition coefficient (Wildman–Crippen LogP) is 2.99. The van der Waals surface area contributed by atoms with E-state index in [9.17, 15) is 4.79 Å². The summed E-state index contributed by atoms with van der Waals surface area (Å²) < 4.78 is 10.3. The Morgan fingerprint density at radius 1 is 0.920 bits per heavy atom. The quantitative estimate of drug-likeness (QED) is 0.793. The van der Waals surface area contributed by atoms with Crippen molar-refractivity contribution >= 4 is 0 Å². The molecular weight excluding hydrogens is 318 g/mol. The smallest absolute Gasteiger partial charge is 0.285 e. The summed E-state index contributed by atoms with van der Waals surface area (Å²) in [6.45, 7) is 0. The first-order chi connectivity index (χ1) is 12.2. The fraction of sp³-hybridized carbons (Fsp3) is 0.105. The number of rotatable bonds is 4. The van der Waals surface area contributed by atoms with Crippen LogP contribution in [0.1, 0.15) is 5.69 Å². The molecule has 6 heteroatoms. The number of H-pyrrole nitrogens is 1. The number of hydrogen-bond donors (Lipinski definition) is 1. The lowest BCUT2D eigenvalue weighted by Gasteiger charge is -2.10. The molecule has 0 bridgehead atoms. The van der Waals surface area contributed by atoms with Crippen molar-refractivity contribution in [3.63, 3.8) is 0 Å². The van der Waals surface area contributed by atoms with Crippen LogP contribution >= 0.6 is 0 Å². The average molecular weight is 333 g/mol. The number of nitrogens with one attached hydrogen (secondary N) is 1. The van der Waals surface area contributed by atoms with E-state index in [1.165, 1.54) is 0 Å². The number of aromatic amines is 1. The lowest BCUT2D eigenvalue weighted by Crippen LogP contribution is -2.15. The number of nitrogens with zero attached hydrogens (tertiary/aromatic N) is 2. The van der Waals surface area contributed by atoms with E-state index in [0.29, 0.717) is 22.9 Å². The largest absolute Gasteiger partial charge is 0.497 e. The molecule has 124 valence electrons. The molecule has 0 radical (unpaired) electrons. The van der Waals surface area contributed by atoms with Crippen molar-refractivity contribution in [2.75, 3.05) is 14.2 Å². The molecule has 0 saturated carbocycles. The third-order valence-corrected chi connectivity index (χ3v) is 3.76. The molecule has 0 aliphatic carbocycles. The summed E-state index contributed by atoms with van der Waals surface area (Å²) in [6.07, 6.45) is 0. The summed E-state index contributed by atoms with van der Waals surface area (Å²) in [5, 5.41) is 9.13. The van der Waals surface area contributed by atoms with E-state index in [1.807, 2.05) is 30.3 Å². The van der Waals surface area contributed by atoms with Crippen LogP contribution in [0.3, 0.4) is 0 Å². The van der Waals surface area contributed by atoms with E-state index in [2.05, 4.69) is 9.97 Å². The lowest BCUT2D eigenvalue weighted by atomic mass is 10.0. The standard InChI is InChI=1S/C19H15N3O3/c1-24-14-7-3-12(4-8-14)17-18(22-19(23)16(11-20)21-17)13-5-9-15(25-2)10-6-13/h3-10H,1-2H3,(H,22,23). The second kappa shape index (κ2) is 6.89. The Labute approximate surface area is 144 Å². The van der Waals surface area contributed by atoms with E-state index in [1.54, 1.807) is 38.5 Å². The van der Waals surface area contributed by atoms with E-state index >= 15 is 0 Å². The van der Waals surface area contributed by atoms with Gasteiger partial charge >= 0.3 is 0 Å². The molecule has 0 unspecified atom stereocenters. The third-order valence-electron chi connectivity index (χ3n) is 3.76. The normalized spacial score (nSPS) is 10.1. The Bertz CT molecular complexity index is 984. The van der Waals surface area contributed by atoms with Gasteiger partial charge in [0.05, 0.1) is 25.6 Å². The van der Waals surface area contributed by atoms with Crippen molar-refractivity contribution < 1.29 is 9.47 Å². The molecule has 0 spiro atoms. The minimum Gasteiger partial charge on any atom is -0.497 e. The average Bonchev–Trinajstić information content (AvgIpc) is 2.68. The Morgan fingerprint density at radius 2 is 1.44 bits per heavy atom. The highest BCUT2D eigenvalue weighted by Crippen LogP contribution is 2.30. The maximum Gasteiger partial charge on any atom is 0.285 e. The lowest BCUT2D eigenvalue weighted by molar-refractivity contribution is 0.414. The van der Waals surface area contributed by atoms with Gasteiger partial charge in [-0.3, -0.25) is 4.79 Å². The Morgan fingerprint density at radius 3 is 1.92 bits per heavy atom. The van der Waals surface area contributed by atoms with Crippen LogP contribution in [0.25, 0.3) is 22.5 Å². The molecular formula is C19H15N3O3. The van der Waals surface area contributed by atoms with Gasteiger partial charge in [-0.2, -0.15) is 5.26 Å². The van der Waals surface area contributed by atoms with E-state index < -0.39 is 5.56 Å². The zero-order chi connectivity index (χ0) is 17.8. The molecule has 1 aromatic heterocycles. The van der Waals surface area contributed by atoms with Crippen LogP contribution in [0.2, 0.25) is 0 Å². The van der Waals surface area contributed by atoms with E-state index in [4.69, 9.17) is 14.7 Å². The van der Waals surface area contributed by atoms with E-state index in [-0.39, 0.29) is 5.69 Å². The molecule has 25 heavy (non-hydrogen) atoms. The molecule has 3 aromatic rings. The first-order valence-electron chi connectivity index (χ1n) is 7.49. The molecule has 1 N–H and O–H groups in total.